The molecule has 0 spiro atoms. The number of hydrogen-bond donors (Lipinski definition) is 0. The molecule has 0 amide bonds. The molecule has 0 bridgehead atoms. The van der Waals surface area contributed by atoms with Crippen LogP contribution in [-0.2, 0) is 26.1 Å². The molecule has 0 N–H and O–H groups in total. The molecule has 0 unspecified atom stereocenters. The molecule has 0 fully saturated rings. The van der Waals surface area contributed by atoms with Crippen molar-refractivity contribution in [3.05, 3.63) is 178 Å². The van der Waals surface area contributed by atoms with Gasteiger partial charge in [0.1, 0.15) is 24.7 Å². The van der Waals surface area contributed by atoms with Crippen molar-refractivity contribution < 1.29 is 19.1 Å². The molecule has 72 heavy (non-hydrogen) atoms. The Hall–Kier alpha value is -6.26. The number of hydrogen-bond acceptors (Lipinski definition) is 4. The van der Waals surface area contributed by atoms with E-state index >= 15 is 4.79 Å². The summed E-state index contributed by atoms with van der Waals surface area (Å²) in [4.78, 5) is 29.5. The number of benzene rings is 8. The van der Waals surface area contributed by atoms with Gasteiger partial charge in [0, 0.05) is 22.3 Å². The average molecular weight is 957 g/mol. The van der Waals surface area contributed by atoms with Crippen LogP contribution in [0, 0.1) is 0 Å². The Morgan fingerprint density at radius 2 is 0.569 bits per heavy atom. The third kappa shape index (κ3) is 11.5. The Bertz CT molecular complexity index is 2800. The predicted molar refractivity (Wildman–Crippen MR) is 302 cm³/mol. The van der Waals surface area contributed by atoms with E-state index in [0.29, 0.717) is 33.8 Å². The van der Waals surface area contributed by atoms with Crippen LogP contribution in [0.4, 0.5) is 0 Å². The van der Waals surface area contributed by atoms with Crippen LogP contribution in [-0.4, -0.2) is 11.6 Å². The first kappa shape index (κ1) is 50.7. The molecule has 0 heterocycles. The van der Waals surface area contributed by atoms with Gasteiger partial charge < -0.3 is 9.47 Å². The molecule has 8 aromatic rings. The molecule has 0 aliphatic heterocycles. The quantitative estimate of drug-likeness (QED) is 0.0363. The van der Waals surface area contributed by atoms with Crippen LogP contribution < -0.4 is 9.47 Å². The third-order valence-corrected chi connectivity index (χ3v) is 15.6. The molecule has 9 rings (SSSR count). The summed E-state index contributed by atoms with van der Waals surface area (Å²) in [5.74, 6) is 0.358. The Kier molecular flexibility index (Phi) is 17.9. The molecular formula is C68H76O4. The van der Waals surface area contributed by atoms with E-state index in [0.717, 1.165) is 36.8 Å². The maximum Gasteiger partial charge on any atom is 0.201 e. The van der Waals surface area contributed by atoms with Gasteiger partial charge in [-0.15, -0.1) is 0 Å². The van der Waals surface area contributed by atoms with E-state index in [9.17, 15) is 4.79 Å². The van der Waals surface area contributed by atoms with Crippen LogP contribution >= 0.6 is 0 Å². The van der Waals surface area contributed by atoms with Crippen LogP contribution in [0.3, 0.4) is 0 Å². The minimum absolute atomic E-state index is 0.199. The lowest BCUT2D eigenvalue weighted by Crippen LogP contribution is -2.23. The molecule has 0 atom stereocenters. The van der Waals surface area contributed by atoms with Gasteiger partial charge in [0.15, 0.2) is 5.78 Å². The Labute approximate surface area is 429 Å². The second-order valence-electron chi connectivity index (χ2n) is 20.6. The van der Waals surface area contributed by atoms with Gasteiger partial charge in [-0.3, -0.25) is 9.59 Å². The second kappa shape index (κ2) is 25.4. The lowest BCUT2D eigenvalue weighted by molar-refractivity contribution is 0.0971. The van der Waals surface area contributed by atoms with Crippen molar-refractivity contribution in [1.29, 1.82) is 0 Å². The standard InChI is InChI=1S/C68H76O4/c1-3-5-7-9-11-13-15-17-19-21-33-49-51-35-23-27-39-55(51)61(56-40-28-24-36-52(49)56)47-71-63-45-31-43-59-65(63)68(70)66-60(67(59)69)44-32-46-64(66)72-48-62-57-41-29-25-37-53(57)50(54-38-26-30-42-58(54)62)34-22-20-18-16-14-12-10-8-6-4-2/h23-32,35-46H,3-22,33-34,47-48H2,1-2H3. The SMILES string of the molecule is CCCCCCCCCCCCc1c2ccccc2c(COc2cccc3c2C(=O)c2c(OCc4c5ccccc5c(CCCCCCCCCCCC)c5ccccc45)cccc2C3=O)c2ccccc12. The zero-order chi connectivity index (χ0) is 49.5. The highest BCUT2D eigenvalue weighted by atomic mass is 16.5. The summed E-state index contributed by atoms with van der Waals surface area (Å²) in [6.07, 6.45) is 28.3. The minimum Gasteiger partial charge on any atom is -0.488 e. The summed E-state index contributed by atoms with van der Waals surface area (Å²) in [5, 5.41) is 9.69. The first-order valence-corrected chi connectivity index (χ1v) is 28.0. The van der Waals surface area contributed by atoms with Gasteiger partial charge in [0.2, 0.25) is 5.78 Å². The number of ether oxygens (including phenoxy) is 2. The molecule has 0 radical (unpaired) electrons. The molecule has 0 saturated heterocycles. The van der Waals surface area contributed by atoms with E-state index in [1.54, 1.807) is 12.1 Å². The van der Waals surface area contributed by atoms with Crippen LogP contribution in [0.15, 0.2) is 133 Å². The Balaban J connectivity index is 0.928. The highest BCUT2D eigenvalue weighted by Crippen LogP contribution is 2.41. The fraction of sp³-hybridized carbons (Fsp3) is 0.382. The number of carbonyl (C=O) groups excluding carboxylic acids is 2. The summed E-state index contributed by atoms with van der Waals surface area (Å²) in [6.45, 7) is 5.06. The molecule has 1 aliphatic rings. The first-order chi connectivity index (χ1) is 35.6. The van der Waals surface area contributed by atoms with Crippen molar-refractivity contribution in [3.8, 4) is 11.5 Å². The highest BCUT2D eigenvalue weighted by Gasteiger charge is 2.35. The van der Waals surface area contributed by atoms with E-state index in [-0.39, 0.29) is 24.8 Å². The lowest BCUT2D eigenvalue weighted by atomic mass is 9.83. The zero-order valence-electron chi connectivity index (χ0n) is 43.3. The van der Waals surface area contributed by atoms with Crippen molar-refractivity contribution in [2.75, 3.05) is 0 Å². The number of rotatable bonds is 28. The van der Waals surface area contributed by atoms with Crippen LogP contribution in [0.1, 0.15) is 196 Å². The topological polar surface area (TPSA) is 52.6 Å². The number of fused-ring (bicyclic) bond motifs is 6. The number of unbranched alkanes of at least 4 members (excludes halogenated alkanes) is 18. The number of carbonyl (C=O) groups is 2. The van der Waals surface area contributed by atoms with Gasteiger partial charge in [0.05, 0.1) is 11.1 Å². The van der Waals surface area contributed by atoms with E-state index < -0.39 is 0 Å². The molecule has 4 nitrogen and oxygen atoms in total. The summed E-state index contributed by atoms with van der Waals surface area (Å²) in [7, 11) is 0. The van der Waals surface area contributed by atoms with E-state index in [2.05, 4.69) is 111 Å². The Morgan fingerprint density at radius 3 is 0.875 bits per heavy atom. The summed E-state index contributed by atoms with van der Waals surface area (Å²) in [5.41, 5.74) is 6.27. The molecule has 4 heteroatoms. The van der Waals surface area contributed by atoms with Crippen LogP contribution in [0.5, 0.6) is 11.5 Å². The normalized spacial score (nSPS) is 12.3. The van der Waals surface area contributed by atoms with Crippen molar-refractivity contribution >= 4 is 54.7 Å². The van der Waals surface area contributed by atoms with Crippen molar-refractivity contribution in [2.24, 2.45) is 0 Å². The molecule has 8 aromatic carbocycles. The fourth-order valence-corrected chi connectivity index (χ4v) is 11.8. The van der Waals surface area contributed by atoms with E-state index in [4.69, 9.17) is 9.47 Å². The van der Waals surface area contributed by atoms with Crippen LogP contribution in [0.25, 0.3) is 43.1 Å². The molecule has 1 aliphatic carbocycles. The summed E-state index contributed by atoms with van der Waals surface area (Å²) < 4.78 is 13.6. The Morgan fingerprint density at radius 1 is 0.292 bits per heavy atom. The second-order valence-corrected chi connectivity index (χ2v) is 20.6. The zero-order valence-corrected chi connectivity index (χ0v) is 43.3. The molecule has 0 aromatic heterocycles. The van der Waals surface area contributed by atoms with Gasteiger partial charge in [-0.1, -0.05) is 251 Å². The van der Waals surface area contributed by atoms with E-state index in [1.165, 1.54) is 170 Å². The van der Waals surface area contributed by atoms with E-state index in [1.807, 2.05) is 24.3 Å². The average Bonchev–Trinajstić information content (AvgIpc) is 3.42. The van der Waals surface area contributed by atoms with Gasteiger partial charge in [0.25, 0.3) is 0 Å². The van der Waals surface area contributed by atoms with Gasteiger partial charge in [-0.25, -0.2) is 0 Å². The minimum atomic E-state index is -0.256. The molecule has 372 valence electrons. The first-order valence-electron chi connectivity index (χ1n) is 28.0. The molecule has 0 saturated carbocycles. The van der Waals surface area contributed by atoms with Gasteiger partial charge in [-0.2, -0.15) is 0 Å². The predicted octanol–water partition coefficient (Wildman–Crippen LogP) is 19.2. The largest absolute Gasteiger partial charge is 0.488 e. The maximum absolute atomic E-state index is 15.0. The van der Waals surface area contributed by atoms with Gasteiger partial charge >= 0.3 is 0 Å². The van der Waals surface area contributed by atoms with Gasteiger partial charge in [-0.05, 0) is 92.0 Å². The van der Waals surface area contributed by atoms with Crippen molar-refractivity contribution in [3.63, 3.8) is 0 Å². The maximum atomic E-state index is 15.0. The monoisotopic (exact) mass is 957 g/mol. The van der Waals surface area contributed by atoms with Crippen molar-refractivity contribution in [2.45, 2.75) is 168 Å². The third-order valence-electron chi connectivity index (χ3n) is 15.6. The number of ketones is 2. The fourth-order valence-electron chi connectivity index (χ4n) is 11.8. The lowest BCUT2D eigenvalue weighted by Gasteiger charge is -2.23. The summed E-state index contributed by atoms with van der Waals surface area (Å²) in [6, 6.07) is 45.6. The van der Waals surface area contributed by atoms with Crippen LogP contribution in [0.2, 0.25) is 0 Å². The van der Waals surface area contributed by atoms with Crippen molar-refractivity contribution in [1.82, 2.24) is 0 Å². The number of aryl methyl sites for hydroxylation is 2. The smallest absolute Gasteiger partial charge is 0.201 e. The molecular weight excluding hydrogens is 881 g/mol. The summed E-state index contributed by atoms with van der Waals surface area (Å²) >= 11 is 0. The highest BCUT2D eigenvalue weighted by molar-refractivity contribution is 6.30.